The molecule has 1 aliphatic rings. The topological polar surface area (TPSA) is 41.6 Å². The van der Waals surface area contributed by atoms with Crippen molar-refractivity contribution in [1.29, 1.82) is 0 Å². The zero-order valence-corrected chi connectivity index (χ0v) is 9.96. The number of aromatic amines is 1. The lowest BCUT2D eigenvalue weighted by Gasteiger charge is -2.00. The first kappa shape index (κ1) is 10.0. The van der Waals surface area contributed by atoms with Crippen LogP contribution in [0.2, 0.25) is 0 Å². The fourth-order valence-electron chi connectivity index (χ4n) is 2.34. The Balaban J connectivity index is 1.72. The maximum absolute atomic E-state index is 4.61. The summed E-state index contributed by atoms with van der Waals surface area (Å²) in [4.78, 5) is 4.61. The molecule has 1 saturated carbocycles. The lowest BCUT2D eigenvalue weighted by Crippen LogP contribution is -1.95. The van der Waals surface area contributed by atoms with E-state index in [9.17, 15) is 0 Å². The Bertz CT molecular complexity index is 441. The predicted octanol–water partition coefficient (Wildman–Crippen LogP) is 3.11. The van der Waals surface area contributed by atoms with E-state index in [1.54, 1.807) is 11.3 Å². The Morgan fingerprint density at radius 2 is 2.25 bits per heavy atom. The van der Waals surface area contributed by atoms with Gasteiger partial charge in [-0.1, -0.05) is 12.8 Å². The number of hydrogen-bond acceptors (Lipinski definition) is 3. The van der Waals surface area contributed by atoms with Crippen molar-refractivity contribution >= 4 is 11.3 Å². The predicted molar refractivity (Wildman–Crippen MR) is 64.7 cm³/mol. The van der Waals surface area contributed by atoms with E-state index in [0.717, 1.165) is 18.1 Å². The molecule has 0 bridgehead atoms. The minimum Gasteiger partial charge on any atom is -0.263 e. The fraction of sp³-hybridized carbons (Fsp3) is 0.500. The molecule has 1 fully saturated rings. The summed E-state index contributed by atoms with van der Waals surface area (Å²) in [5.74, 6) is 2.63. The van der Waals surface area contributed by atoms with Gasteiger partial charge in [0, 0.05) is 12.3 Å². The van der Waals surface area contributed by atoms with Gasteiger partial charge < -0.3 is 0 Å². The maximum atomic E-state index is 4.61. The van der Waals surface area contributed by atoms with E-state index < -0.39 is 0 Å². The molecular weight excluding hydrogens is 218 g/mol. The van der Waals surface area contributed by atoms with Gasteiger partial charge in [-0.3, -0.25) is 5.10 Å². The van der Waals surface area contributed by atoms with E-state index in [4.69, 9.17) is 0 Å². The summed E-state index contributed by atoms with van der Waals surface area (Å²) in [5, 5.41) is 11.7. The van der Waals surface area contributed by atoms with Crippen LogP contribution < -0.4 is 0 Å². The van der Waals surface area contributed by atoms with Crippen LogP contribution in [-0.2, 0) is 6.42 Å². The minimum atomic E-state index is 0.604. The van der Waals surface area contributed by atoms with Gasteiger partial charge in [0.1, 0.15) is 5.82 Å². The molecular formula is C12H15N3S. The van der Waals surface area contributed by atoms with Crippen LogP contribution in [0.4, 0.5) is 0 Å². The number of nitrogens with one attached hydrogen (secondary N) is 1. The van der Waals surface area contributed by atoms with E-state index in [1.165, 1.54) is 31.2 Å². The summed E-state index contributed by atoms with van der Waals surface area (Å²) in [6.07, 6.45) is 6.06. The van der Waals surface area contributed by atoms with Crippen LogP contribution in [0.25, 0.3) is 0 Å². The number of thiophene rings is 1. The highest BCUT2D eigenvalue weighted by atomic mass is 32.1. The van der Waals surface area contributed by atoms with Gasteiger partial charge in [0.2, 0.25) is 0 Å². The second-order valence-electron chi connectivity index (χ2n) is 4.43. The van der Waals surface area contributed by atoms with Gasteiger partial charge >= 0.3 is 0 Å². The van der Waals surface area contributed by atoms with Crippen LogP contribution in [0.5, 0.6) is 0 Å². The van der Waals surface area contributed by atoms with Crippen LogP contribution in [0.1, 0.15) is 48.8 Å². The first-order valence-corrected chi connectivity index (χ1v) is 6.78. The first-order valence-electron chi connectivity index (χ1n) is 5.84. The highest BCUT2D eigenvalue weighted by molar-refractivity contribution is 7.07. The SMILES string of the molecule is c1cc(Cc2nc(C3CCCC3)n[nH]2)cs1. The molecule has 1 aliphatic carbocycles. The van der Waals surface area contributed by atoms with E-state index >= 15 is 0 Å². The molecule has 2 heterocycles. The Kier molecular flexibility index (Phi) is 2.74. The third-order valence-corrected chi connectivity index (χ3v) is 3.95. The van der Waals surface area contributed by atoms with Crippen molar-refractivity contribution in [2.24, 2.45) is 0 Å². The van der Waals surface area contributed by atoms with Gasteiger partial charge in [0.05, 0.1) is 0 Å². The molecule has 0 amide bonds. The molecule has 0 aliphatic heterocycles. The van der Waals surface area contributed by atoms with Crippen molar-refractivity contribution in [2.45, 2.75) is 38.0 Å². The molecule has 0 atom stereocenters. The van der Waals surface area contributed by atoms with Crippen molar-refractivity contribution in [1.82, 2.24) is 15.2 Å². The van der Waals surface area contributed by atoms with Crippen LogP contribution >= 0.6 is 11.3 Å². The number of aromatic nitrogens is 3. The lowest BCUT2D eigenvalue weighted by atomic mass is 10.1. The summed E-state index contributed by atoms with van der Waals surface area (Å²) in [6, 6.07) is 2.14. The Hall–Kier alpha value is -1.16. The third kappa shape index (κ3) is 2.02. The van der Waals surface area contributed by atoms with E-state index in [0.29, 0.717) is 5.92 Å². The number of H-pyrrole nitrogens is 1. The second kappa shape index (κ2) is 4.37. The molecule has 0 radical (unpaired) electrons. The summed E-state index contributed by atoms with van der Waals surface area (Å²) >= 11 is 1.73. The number of hydrogen-bond donors (Lipinski definition) is 1. The second-order valence-corrected chi connectivity index (χ2v) is 5.21. The normalized spacial score (nSPS) is 17.0. The van der Waals surface area contributed by atoms with E-state index in [1.807, 2.05) is 0 Å². The third-order valence-electron chi connectivity index (χ3n) is 3.22. The van der Waals surface area contributed by atoms with Gasteiger partial charge in [0.25, 0.3) is 0 Å². The van der Waals surface area contributed by atoms with Crippen LogP contribution in [0, 0.1) is 0 Å². The van der Waals surface area contributed by atoms with Gasteiger partial charge in [-0.05, 0) is 35.2 Å². The molecule has 2 aromatic rings. The van der Waals surface area contributed by atoms with Crippen molar-refractivity contribution in [2.75, 3.05) is 0 Å². The number of nitrogens with zero attached hydrogens (tertiary/aromatic N) is 2. The highest BCUT2D eigenvalue weighted by Crippen LogP contribution is 2.31. The zero-order chi connectivity index (χ0) is 10.8. The van der Waals surface area contributed by atoms with Crippen LogP contribution in [-0.4, -0.2) is 15.2 Å². The monoisotopic (exact) mass is 233 g/mol. The summed E-state index contributed by atoms with van der Waals surface area (Å²) in [5.41, 5.74) is 1.32. The quantitative estimate of drug-likeness (QED) is 0.885. The van der Waals surface area contributed by atoms with E-state index in [2.05, 4.69) is 32.0 Å². The molecule has 0 aromatic carbocycles. The Morgan fingerprint density at radius 1 is 1.38 bits per heavy atom. The largest absolute Gasteiger partial charge is 0.263 e. The molecule has 3 rings (SSSR count). The first-order chi connectivity index (χ1) is 7.92. The maximum Gasteiger partial charge on any atom is 0.153 e. The van der Waals surface area contributed by atoms with E-state index in [-0.39, 0.29) is 0 Å². The molecule has 3 nitrogen and oxygen atoms in total. The average Bonchev–Trinajstić information content (AvgIpc) is 2.99. The van der Waals surface area contributed by atoms with Crippen molar-refractivity contribution < 1.29 is 0 Å². The van der Waals surface area contributed by atoms with Gasteiger partial charge in [-0.2, -0.15) is 16.4 Å². The minimum absolute atomic E-state index is 0.604. The molecule has 0 saturated heterocycles. The molecule has 16 heavy (non-hydrogen) atoms. The molecule has 0 spiro atoms. The highest BCUT2D eigenvalue weighted by Gasteiger charge is 2.20. The molecule has 1 N–H and O–H groups in total. The average molecular weight is 233 g/mol. The standard InChI is InChI=1S/C12H15N3S/c1-2-4-10(3-1)12-13-11(14-15-12)7-9-5-6-16-8-9/h5-6,8,10H,1-4,7H2,(H,13,14,15). The summed E-state index contributed by atoms with van der Waals surface area (Å²) in [6.45, 7) is 0. The molecule has 0 unspecified atom stereocenters. The smallest absolute Gasteiger partial charge is 0.153 e. The van der Waals surface area contributed by atoms with Crippen molar-refractivity contribution in [3.8, 4) is 0 Å². The van der Waals surface area contributed by atoms with Gasteiger partial charge in [-0.15, -0.1) is 0 Å². The van der Waals surface area contributed by atoms with Crippen molar-refractivity contribution in [3.05, 3.63) is 34.0 Å². The Labute approximate surface area is 98.9 Å². The fourth-order valence-corrected chi connectivity index (χ4v) is 3.01. The molecule has 84 valence electrons. The summed E-state index contributed by atoms with van der Waals surface area (Å²) in [7, 11) is 0. The molecule has 4 heteroatoms. The zero-order valence-electron chi connectivity index (χ0n) is 9.15. The summed E-state index contributed by atoms with van der Waals surface area (Å²) < 4.78 is 0. The van der Waals surface area contributed by atoms with Crippen molar-refractivity contribution in [3.63, 3.8) is 0 Å². The lowest BCUT2D eigenvalue weighted by molar-refractivity contribution is 0.671. The van der Waals surface area contributed by atoms with Gasteiger partial charge in [0.15, 0.2) is 5.82 Å². The Morgan fingerprint density at radius 3 is 3.00 bits per heavy atom. The van der Waals surface area contributed by atoms with Gasteiger partial charge in [-0.25, -0.2) is 4.98 Å². The number of rotatable bonds is 3. The molecule has 2 aromatic heterocycles. The van der Waals surface area contributed by atoms with Crippen LogP contribution in [0.15, 0.2) is 16.8 Å². The van der Waals surface area contributed by atoms with Crippen LogP contribution in [0.3, 0.4) is 0 Å².